The molecule has 0 N–H and O–H groups in total. The molecule has 3 nitrogen and oxygen atoms in total. The maximum atomic E-state index is 10.5. The molecule has 5 heteroatoms. The molecule has 0 aromatic heterocycles. The molecule has 1 aromatic carbocycles. The van der Waals surface area contributed by atoms with Gasteiger partial charge in [0.25, 0.3) is 0 Å². The number of benzene rings is 1. The summed E-state index contributed by atoms with van der Waals surface area (Å²) >= 11 is 1.10. The van der Waals surface area contributed by atoms with Crippen LogP contribution in [0.3, 0.4) is 0 Å². The Morgan fingerprint density at radius 2 is 2.08 bits per heavy atom. The van der Waals surface area contributed by atoms with Gasteiger partial charge in [-0.2, -0.15) is 0 Å². The van der Waals surface area contributed by atoms with Gasteiger partial charge in [0.15, 0.2) is 0 Å². The summed E-state index contributed by atoms with van der Waals surface area (Å²) in [6, 6.07) is 6.36. The number of carboxylic acids is 1. The second-order valence-corrected chi connectivity index (χ2v) is 2.53. The van der Waals surface area contributed by atoms with Crippen molar-refractivity contribution < 1.29 is 32.9 Å². The van der Waals surface area contributed by atoms with Crippen molar-refractivity contribution in [2.24, 2.45) is 0 Å². The minimum Gasteiger partial charge on any atom is -0.545 e. The average Bonchev–Trinajstić information content (AvgIpc) is 2.05. The zero-order valence-corrected chi connectivity index (χ0v) is 8.26. The van der Waals surface area contributed by atoms with Crippen molar-refractivity contribution >= 4 is 18.0 Å². The molecule has 0 saturated carbocycles. The van der Waals surface area contributed by atoms with Crippen LogP contribution in [0.1, 0.15) is 10.4 Å². The molecule has 0 aliphatic carbocycles. The quantitative estimate of drug-likeness (QED) is 0.397. The summed E-state index contributed by atoms with van der Waals surface area (Å²) in [6.07, 6.45) is 1.71. The molecule has 0 heterocycles. The van der Waals surface area contributed by atoms with E-state index < -0.39 is 5.97 Å². The van der Waals surface area contributed by atoms with Gasteiger partial charge in [-0.3, -0.25) is 0 Å². The van der Waals surface area contributed by atoms with Crippen LogP contribution < -0.4 is 28.2 Å². The van der Waals surface area contributed by atoms with Crippen LogP contribution in [0.25, 0.3) is 0 Å². The van der Waals surface area contributed by atoms with Gasteiger partial charge in [-0.25, -0.2) is 0 Å². The molecule has 13 heavy (non-hydrogen) atoms. The van der Waals surface area contributed by atoms with Crippen molar-refractivity contribution in [2.75, 3.05) is 6.26 Å². The summed E-state index contributed by atoms with van der Waals surface area (Å²) in [6.45, 7) is 0. The smallest absolute Gasteiger partial charge is 0.545 e. The first-order valence-corrected chi connectivity index (χ1v) is 4.41. The Kier molecular flexibility index (Phi) is 5.72. The predicted octanol–water partition coefficient (Wildman–Crippen LogP) is -2.29. The third-order valence-electron chi connectivity index (χ3n) is 1.28. The van der Waals surface area contributed by atoms with E-state index in [1.54, 1.807) is 24.5 Å². The molecule has 0 amide bonds. The molecule has 64 valence electrons. The normalized spacial score (nSPS) is 8.69. The summed E-state index contributed by atoms with van der Waals surface area (Å²) in [7, 11) is 0. The molecule has 0 bridgehead atoms. The third-order valence-corrected chi connectivity index (χ3v) is 1.63. The second-order valence-electron chi connectivity index (χ2n) is 2.03. The van der Waals surface area contributed by atoms with Gasteiger partial charge >= 0.3 is 18.9 Å². The Labute approximate surface area is 92.9 Å². The predicted molar refractivity (Wildman–Crippen MR) is 44.9 cm³/mol. The van der Waals surface area contributed by atoms with Crippen LogP contribution in [-0.4, -0.2) is 12.2 Å². The van der Waals surface area contributed by atoms with E-state index in [0.717, 1.165) is 12.0 Å². The molecule has 1 rings (SSSR count). The summed E-state index contributed by atoms with van der Waals surface area (Å²) in [5.41, 5.74) is 0.0758. The number of carboxylic acid groups (broad SMARTS) is 1. The Balaban J connectivity index is 0.00000144. The summed E-state index contributed by atoms with van der Waals surface area (Å²) in [5.74, 6) is -0.898. The monoisotopic (exact) mass is 190 g/mol. The molecule has 0 spiro atoms. The van der Waals surface area contributed by atoms with Crippen molar-refractivity contribution in [2.45, 2.75) is 0 Å². The number of carbonyl (C=O) groups is 1. The summed E-state index contributed by atoms with van der Waals surface area (Å²) in [5, 5.41) is 10.5. The van der Waals surface area contributed by atoms with Crippen molar-refractivity contribution in [3.63, 3.8) is 0 Å². The van der Waals surface area contributed by atoms with Crippen molar-refractivity contribution in [1.29, 1.82) is 0 Å². The second kappa shape index (κ2) is 5.98. The maximum Gasteiger partial charge on any atom is 1.00 e. The van der Waals surface area contributed by atoms with Crippen molar-refractivity contribution in [3.8, 4) is 5.75 Å². The molecule has 0 saturated heterocycles. The van der Waals surface area contributed by atoms with Crippen LogP contribution in [0.5, 0.6) is 5.75 Å². The van der Waals surface area contributed by atoms with Crippen LogP contribution in [-0.2, 0) is 0 Å². The molecular formula is C8H7LiO3S. The molecule has 0 aliphatic rings. The Morgan fingerprint density at radius 3 is 2.62 bits per heavy atom. The number of rotatable bonds is 3. The minimum atomic E-state index is -1.22. The SMILES string of the molecule is CSOc1ccccc1C(=O)[O-].[Li+]. The third kappa shape index (κ3) is 3.35. The fourth-order valence-electron chi connectivity index (χ4n) is 0.798. The maximum absolute atomic E-state index is 10.5. The zero-order chi connectivity index (χ0) is 8.97. The van der Waals surface area contributed by atoms with Crippen LogP contribution >= 0.6 is 12.0 Å². The van der Waals surface area contributed by atoms with Crippen molar-refractivity contribution in [1.82, 2.24) is 0 Å². The fourth-order valence-corrected chi connectivity index (χ4v) is 1.12. The number of para-hydroxylation sites is 1. The van der Waals surface area contributed by atoms with E-state index in [1.807, 2.05) is 0 Å². The summed E-state index contributed by atoms with van der Waals surface area (Å²) in [4.78, 5) is 10.5. The number of hydrogen-bond acceptors (Lipinski definition) is 4. The summed E-state index contributed by atoms with van der Waals surface area (Å²) < 4.78 is 4.99. The molecule has 1 aromatic rings. The fraction of sp³-hybridized carbons (Fsp3) is 0.125. The van der Waals surface area contributed by atoms with Gasteiger partial charge in [-0.15, -0.1) is 0 Å². The van der Waals surface area contributed by atoms with Gasteiger partial charge in [-0.05, 0) is 12.1 Å². The first-order chi connectivity index (χ1) is 5.75. The van der Waals surface area contributed by atoms with E-state index in [1.165, 1.54) is 6.07 Å². The van der Waals surface area contributed by atoms with E-state index in [4.69, 9.17) is 4.18 Å². The van der Waals surface area contributed by atoms with Crippen LogP contribution in [0, 0.1) is 0 Å². The van der Waals surface area contributed by atoms with Crippen LogP contribution in [0.2, 0.25) is 0 Å². The van der Waals surface area contributed by atoms with Crippen LogP contribution in [0.15, 0.2) is 24.3 Å². The largest absolute Gasteiger partial charge is 1.00 e. The molecule has 0 aliphatic heterocycles. The number of aromatic carboxylic acids is 1. The number of carbonyl (C=O) groups excluding carboxylic acids is 1. The van der Waals surface area contributed by atoms with E-state index in [9.17, 15) is 9.90 Å². The van der Waals surface area contributed by atoms with E-state index >= 15 is 0 Å². The van der Waals surface area contributed by atoms with Crippen LogP contribution in [0.4, 0.5) is 0 Å². The molecule has 0 unspecified atom stereocenters. The number of hydrogen-bond donors (Lipinski definition) is 0. The first kappa shape index (κ1) is 12.4. The van der Waals surface area contributed by atoms with Gasteiger partial charge < -0.3 is 14.1 Å². The average molecular weight is 190 g/mol. The van der Waals surface area contributed by atoms with E-state index in [-0.39, 0.29) is 24.4 Å². The molecule has 0 radical (unpaired) electrons. The Hall–Kier alpha value is -0.563. The van der Waals surface area contributed by atoms with Gasteiger partial charge in [0, 0.05) is 11.8 Å². The Morgan fingerprint density at radius 1 is 1.46 bits per heavy atom. The topological polar surface area (TPSA) is 49.4 Å². The van der Waals surface area contributed by atoms with Gasteiger partial charge in [0.05, 0.1) is 18.0 Å². The van der Waals surface area contributed by atoms with Crippen molar-refractivity contribution in [3.05, 3.63) is 29.8 Å². The standard InChI is InChI=1S/C8H8O3S.Li/c1-12-11-7-5-3-2-4-6(7)8(9)10;/h2-5H,1H3,(H,9,10);/q;+1/p-1. The van der Waals surface area contributed by atoms with E-state index in [2.05, 4.69) is 0 Å². The van der Waals surface area contributed by atoms with Gasteiger partial charge in [0.2, 0.25) is 0 Å². The first-order valence-electron chi connectivity index (χ1n) is 3.26. The zero-order valence-electron chi connectivity index (χ0n) is 7.44. The molecule has 0 fully saturated rings. The molecular weight excluding hydrogens is 183 g/mol. The van der Waals surface area contributed by atoms with Gasteiger partial charge in [-0.1, -0.05) is 12.1 Å². The minimum absolute atomic E-state index is 0. The van der Waals surface area contributed by atoms with E-state index in [0.29, 0.717) is 5.75 Å². The van der Waals surface area contributed by atoms with Gasteiger partial charge in [0.1, 0.15) is 5.75 Å². The molecule has 0 atom stereocenters. The Bertz CT molecular complexity index is 290.